The number of nitrogens with two attached hydrogens (primary N) is 1. The van der Waals surface area contributed by atoms with E-state index in [1.807, 2.05) is 17.9 Å². The highest BCUT2D eigenvalue weighted by molar-refractivity contribution is 5.80. The topological polar surface area (TPSA) is 50.9 Å². The molecule has 5 heteroatoms. The summed E-state index contributed by atoms with van der Waals surface area (Å²) in [6.07, 6.45) is 0. The molecule has 0 spiro atoms. The van der Waals surface area contributed by atoms with Crippen molar-refractivity contribution >= 4 is 5.96 Å². The molecule has 0 saturated carbocycles. The highest BCUT2D eigenvalue weighted by atomic mass is 19.1. The van der Waals surface area contributed by atoms with Crippen LogP contribution >= 0.6 is 0 Å². The van der Waals surface area contributed by atoms with E-state index in [9.17, 15) is 4.39 Å². The van der Waals surface area contributed by atoms with Crippen molar-refractivity contribution in [3.63, 3.8) is 0 Å². The zero-order valence-electron chi connectivity index (χ0n) is 10.7. The number of methoxy groups -OCH3 is 1. The van der Waals surface area contributed by atoms with Crippen molar-refractivity contribution in [2.45, 2.75) is 13.0 Å². The van der Waals surface area contributed by atoms with Gasteiger partial charge in [-0.05, 0) is 30.2 Å². The summed E-state index contributed by atoms with van der Waals surface area (Å²) in [4.78, 5) is 6.27. The van der Waals surface area contributed by atoms with Gasteiger partial charge in [-0.15, -0.1) is 0 Å². The molecule has 0 bridgehead atoms. The van der Waals surface area contributed by atoms with Crippen LogP contribution < -0.4 is 5.73 Å². The van der Waals surface area contributed by atoms with Gasteiger partial charge in [-0.25, -0.2) is 4.39 Å². The third kappa shape index (κ3) is 2.46. The van der Waals surface area contributed by atoms with Crippen LogP contribution in [0.15, 0.2) is 23.2 Å². The zero-order valence-corrected chi connectivity index (χ0v) is 10.7. The van der Waals surface area contributed by atoms with E-state index in [4.69, 9.17) is 10.5 Å². The predicted molar refractivity (Wildman–Crippen MR) is 68.9 cm³/mol. The molecule has 1 aliphatic heterocycles. The van der Waals surface area contributed by atoms with E-state index in [-0.39, 0.29) is 11.9 Å². The first-order valence-electron chi connectivity index (χ1n) is 5.95. The molecule has 1 heterocycles. The minimum Gasteiger partial charge on any atom is -0.383 e. The molecule has 0 saturated heterocycles. The molecule has 98 valence electrons. The minimum absolute atomic E-state index is 0.0840. The number of hydrogen-bond acceptors (Lipinski definition) is 4. The molecule has 2 N–H and O–H groups in total. The molecule has 0 amide bonds. The van der Waals surface area contributed by atoms with Crippen LogP contribution in [-0.4, -0.2) is 37.7 Å². The fourth-order valence-corrected chi connectivity index (χ4v) is 2.27. The van der Waals surface area contributed by atoms with E-state index in [1.165, 1.54) is 6.07 Å². The molecule has 18 heavy (non-hydrogen) atoms. The van der Waals surface area contributed by atoms with Crippen molar-refractivity contribution in [3.05, 3.63) is 35.1 Å². The summed E-state index contributed by atoms with van der Waals surface area (Å²) in [5.74, 6) is 0.312. The SMILES string of the molecule is COCCN1C(N)=NCC1c1ccc(F)cc1C. The Balaban J connectivity index is 2.21. The van der Waals surface area contributed by atoms with E-state index in [0.29, 0.717) is 25.7 Å². The molecule has 0 fully saturated rings. The number of guanidine groups is 1. The highest BCUT2D eigenvalue weighted by Gasteiger charge is 2.28. The average molecular weight is 251 g/mol. The molecule has 1 aromatic carbocycles. The Hall–Kier alpha value is -1.62. The molecule has 0 aromatic heterocycles. The smallest absolute Gasteiger partial charge is 0.192 e. The number of aliphatic imine (C=N–C) groups is 1. The Bertz CT molecular complexity index is 462. The lowest BCUT2D eigenvalue weighted by molar-refractivity contribution is 0.166. The predicted octanol–water partition coefficient (Wildman–Crippen LogP) is 1.45. The van der Waals surface area contributed by atoms with Crippen LogP contribution in [-0.2, 0) is 4.74 Å². The van der Waals surface area contributed by atoms with Gasteiger partial charge in [0.1, 0.15) is 5.82 Å². The van der Waals surface area contributed by atoms with Crippen molar-refractivity contribution in [2.75, 3.05) is 26.8 Å². The average Bonchev–Trinajstić information content (AvgIpc) is 2.68. The summed E-state index contributed by atoms with van der Waals surface area (Å²) in [6, 6.07) is 4.91. The number of halogens is 1. The fourth-order valence-electron chi connectivity index (χ4n) is 2.27. The van der Waals surface area contributed by atoms with Crippen molar-refractivity contribution in [1.82, 2.24) is 4.90 Å². The van der Waals surface area contributed by atoms with Gasteiger partial charge in [0.05, 0.1) is 19.2 Å². The van der Waals surface area contributed by atoms with Gasteiger partial charge >= 0.3 is 0 Å². The van der Waals surface area contributed by atoms with Gasteiger partial charge in [-0.3, -0.25) is 4.99 Å². The molecule has 2 rings (SSSR count). The Kier molecular flexibility index (Phi) is 3.81. The molecule has 1 aliphatic rings. The quantitative estimate of drug-likeness (QED) is 0.881. The van der Waals surface area contributed by atoms with Gasteiger partial charge in [0, 0.05) is 13.7 Å². The summed E-state index contributed by atoms with van der Waals surface area (Å²) in [6.45, 7) is 3.80. The van der Waals surface area contributed by atoms with Crippen molar-refractivity contribution in [1.29, 1.82) is 0 Å². The molecule has 1 atom stereocenters. The second-order valence-corrected chi connectivity index (χ2v) is 4.40. The van der Waals surface area contributed by atoms with Crippen LogP contribution in [0.25, 0.3) is 0 Å². The molecular weight excluding hydrogens is 233 g/mol. The van der Waals surface area contributed by atoms with Gasteiger partial charge in [-0.2, -0.15) is 0 Å². The minimum atomic E-state index is -0.216. The summed E-state index contributed by atoms with van der Waals surface area (Å²) < 4.78 is 18.2. The lowest BCUT2D eigenvalue weighted by Gasteiger charge is -2.27. The maximum Gasteiger partial charge on any atom is 0.192 e. The van der Waals surface area contributed by atoms with E-state index in [1.54, 1.807) is 13.2 Å². The summed E-state index contributed by atoms with van der Waals surface area (Å²) in [5.41, 5.74) is 7.86. The lowest BCUT2D eigenvalue weighted by atomic mass is 10.0. The first-order chi connectivity index (χ1) is 8.63. The number of nitrogens with zero attached hydrogens (tertiary/aromatic N) is 2. The first-order valence-corrected chi connectivity index (χ1v) is 5.95. The fraction of sp³-hybridized carbons (Fsp3) is 0.462. The number of ether oxygens (including phenoxy) is 1. The highest BCUT2D eigenvalue weighted by Crippen LogP contribution is 2.28. The van der Waals surface area contributed by atoms with Crippen LogP contribution in [0, 0.1) is 12.7 Å². The number of benzene rings is 1. The Morgan fingerprint density at radius 1 is 1.56 bits per heavy atom. The summed E-state index contributed by atoms with van der Waals surface area (Å²) in [7, 11) is 1.65. The monoisotopic (exact) mass is 251 g/mol. The Morgan fingerprint density at radius 3 is 3.00 bits per heavy atom. The summed E-state index contributed by atoms with van der Waals surface area (Å²) >= 11 is 0. The van der Waals surface area contributed by atoms with E-state index >= 15 is 0 Å². The normalized spacial score (nSPS) is 19.2. The zero-order chi connectivity index (χ0) is 13.1. The van der Waals surface area contributed by atoms with E-state index in [0.717, 1.165) is 11.1 Å². The second-order valence-electron chi connectivity index (χ2n) is 4.40. The molecule has 0 radical (unpaired) electrons. The lowest BCUT2D eigenvalue weighted by Crippen LogP contribution is -2.38. The van der Waals surface area contributed by atoms with Crippen LogP contribution in [0.1, 0.15) is 17.2 Å². The number of aryl methyl sites for hydroxylation is 1. The summed E-state index contributed by atoms with van der Waals surface area (Å²) in [5, 5.41) is 0. The van der Waals surface area contributed by atoms with Crippen LogP contribution in [0.3, 0.4) is 0 Å². The third-order valence-electron chi connectivity index (χ3n) is 3.22. The number of hydrogen-bond donors (Lipinski definition) is 1. The largest absolute Gasteiger partial charge is 0.383 e. The van der Waals surface area contributed by atoms with E-state index in [2.05, 4.69) is 4.99 Å². The van der Waals surface area contributed by atoms with Crippen molar-refractivity contribution in [2.24, 2.45) is 10.7 Å². The number of rotatable bonds is 4. The standard InChI is InChI=1S/C13H18FN3O/c1-9-7-10(14)3-4-11(9)12-8-16-13(15)17(12)5-6-18-2/h3-4,7,12H,5-6,8H2,1-2H3,(H2,15,16). The maximum atomic E-state index is 13.1. The molecule has 1 unspecified atom stereocenters. The molecule has 0 aliphatic carbocycles. The van der Waals surface area contributed by atoms with Crippen molar-refractivity contribution in [3.8, 4) is 0 Å². The van der Waals surface area contributed by atoms with E-state index < -0.39 is 0 Å². The van der Waals surface area contributed by atoms with Crippen LogP contribution in [0.5, 0.6) is 0 Å². The van der Waals surface area contributed by atoms with Crippen LogP contribution in [0.4, 0.5) is 4.39 Å². The van der Waals surface area contributed by atoms with Crippen molar-refractivity contribution < 1.29 is 9.13 Å². The molecule has 1 aromatic rings. The first kappa shape index (κ1) is 12.8. The van der Waals surface area contributed by atoms with Gasteiger partial charge in [-0.1, -0.05) is 6.07 Å². The second kappa shape index (κ2) is 5.35. The Labute approximate surface area is 106 Å². The maximum absolute atomic E-state index is 13.1. The van der Waals surface area contributed by atoms with Gasteiger partial charge in [0.2, 0.25) is 0 Å². The molecular formula is C13H18FN3O. The van der Waals surface area contributed by atoms with Gasteiger partial charge < -0.3 is 15.4 Å². The molecule has 4 nitrogen and oxygen atoms in total. The third-order valence-corrected chi connectivity index (χ3v) is 3.22. The van der Waals surface area contributed by atoms with Gasteiger partial charge in [0.25, 0.3) is 0 Å². The van der Waals surface area contributed by atoms with Gasteiger partial charge in [0.15, 0.2) is 5.96 Å². The Morgan fingerprint density at radius 2 is 2.33 bits per heavy atom. The van der Waals surface area contributed by atoms with Crippen LogP contribution in [0.2, 0.25) is 0 Å².